The van der Waals surface area contributed by atoms with Crippen LogP contribution in [0, 0.1) is 0 Å². The number of hydrogen-bond acceptors (Lipinski definition) is 5. The van der Waals surface area contributed by atoms with Gasteiger partial charge in [-0.15, -0.1) is 0 Å². The molecule has 6 unspecified atom stereocenters. The molecule has 92 valence electrons. The molecule has 0 aromatic heterocycles. The summed E-state index contributed by atoms with van der Waals surface area (Å²) in [7, 11) is 0. The van der Waals surface area contributed by atoms with Gasteiger partial charge in [0.1, 0.15) is 18.6 Å². The van der Waals surface area contributed by atoms with Crippen LogP contribution in [-0.2, 0) is 14.2 Å². The van der Waals surface area contributed by atoms with E-state index >= 15 is 0 Å². The van der Waals surface area contributed by atoms with Crippen molar-refractivity contribution >= 4 is 0 Å². The molecule has 3 fully saturated rings. The van der Waals surface area contributed by atoms with Crippen molar-refractivity contribution in [3.8, 4) is 0 Å². The smallest absolute Gasteiger partial charge is 0.136 e. The normalized spacial score (nSPS) is 46.5. The first-order valence-corrected chi connectivity index (χ1v) is 6.20. The molecule has 3 rings (SSSR count). The highest BCUT2D eigenvalue weighted by molar-refractivity contribution is 4.95. The van der Waals surface area contributed by atoms with Gasteiger partial charge in [0.15, 0.2) is 0 Å². The van der Waals surface area contributed by atoms with Crippen molar-refractivity contribution in [2.24, 2.45) is 0 Å². The number of nitrogens with one attached hydrogen (secondary N) is 2. The fourth-order valence-electron chi connectivity index (χ4n) is 2.06. The van der Waals surface area contributed by atoms with E-state index in [1.165, 1.54) is 0 Å². The van der Waals surface area contributed by atoms with E-state index in [-0.39, 0.29) is 18.6 Å². The highest BCUT2D eigenvalue weighted by Crippen LogP contribution is 2.28. The Labute approximate surface area is 95.8 Å². The molecule has 16 heavy (non-hydrogen) atoms. The van der Waals surface area contributed by atoms with Crippen molar-refractivity contribution in [1.82, 2.24) is 10.6 Å². The second-order valence-corrected chi connectivity index (χ2v) is 4.84. The third-order valence-corrected chi connectivity index (χ3v) is 3.38. The molecule has 0 spiro atoms. The first-order valence-electron chi connectivity index (χ1n) is 6.20. The van der Waals surface area contributed by atoms with Gasteiger partial charge in [0.25, 0.3) is 0 Å². The van der Waals surface area contributed by atoms with E-state index in [1.807, 2.05) is 0 Å². The third kappa shape index (κ3) is 2.55. The van der Waals surface area contributed by atoms with Crippen molar-refractivity contribution in [3.63, 3.8) is 0 Å². The van der Waals surface area contributed by atoms with Crippen LogP contribution in [0.3, 0.4) is 0 Å². The zero-order valence-electron chi connectivity index (χ0n) is 9.81. The van der Waals surface area contributed by atoms with Gasteiger partial charge in [0.05, 0.1) is 18.8 Å². The van der Waals surface area contributed by atoms with Gasteiger partial charge < -0.3 is 14.2 Å². The minimum Gasteiger partial charge on any atom is -0.372 e. The van der Waals surface area contributed by atoms with E-state index in [0.29, 0.717) is 18.2 Å². The Balaban J connectivity index is 1.32. The SMILES string of the molecule is CCC1OC1NC(C)C1OC1NCC1CO1. The highest BCUT2D eigenvalue weighted by Gasteiger charge is 2.47. The molecule has 0 aromatic carbocycles. The Kier molecular flexibility index (Phi) is 2.89. The van der Waals surface area contributed by atoms with Gasteiger partial charge in [-0.05, 0) is 13.3 Å². The van der Waals surface area contributed by atoms with Crippen LogP contribution in [0.5, 0.6) is 0 Å². The summed E-state index contributed by atoms with van der Waals surface area (Å²) in [6.07, 6.45) is 2.63. The lowest BCUT2D eigenvalue weighted by atomic mass is 10.2. The number of hydrogen-bond donors (Lipinski definition) is 2. The molecule has 0 bridgehead atoms. The molecule has 5 nitrogen and oxygen atoms in total. The van der Waals surface area contributed by atoms with Crippen LogP contribution in [0.4, 0.5) is 0 Å². The van der Waals surface area contributed by atoms with Crippen molar-refractivity contribution in [2.45, 2.75) is 57.1 Å². The number of epoxide rings is 3. The fraction of sp³-hybridized carbons (Fsp3) is 1.00. The predicted molar refractivity (Wildman–Crippen MR) is 58.0 cm³/mol. The number of rotatable bonds is 7. The van der Waals surface area contributed by atoms with E-state index in [9.17, 15) is 0 Å². The Morgan fingerprint density at radius 1 is 1.31 bits per heavy atom. The fourth-order valence-corrected chi connectivity index (χ4v) is 2.06. The topological polar surface area (TPSA) is 61.6 Å². The molecule has 3 heterocycles. The molecule has 0 saturated carbocycles. The maximum atomic E-state index is 5.57. The lowest BCUT2D eigenvalue weighted by Crippen LogP contribution is -2.37. The lowest BCUT2D eigenvalue weighted by molar-refractivity contribution is 0.286. The Bertz CT molecular complexity index is 260. The summed E-state index contributed by atoms with van der Waals surface area (Å²) in [4.78, 5) is 0. The second kappa shape index (κ2) is 4.23. The quantitative estimate of drug-likeness (QED) is 0.592. The first kappa shape index (κ1) is 10.9. The lowest BCUT2D eigenvalue weighted by Gasteiger charge is -2.08. The summed E-state index contributed by atoms with van der Waals surface area (Å²) in [5.41, 5.74) is 0. The minimum absolute atomic E-state index is 0.200. The monoisotopic (exact) mass is 228 g/mol. The second-order valence-electron chi connectivity index (χ2n) is 4.84. The van der Waals surface area contributed by atoms with Crippen molar-refractivity contribution in [1.29, 1.82) is 0 Å². The van der Waals surface area contributed by atoms with Crippen LogP contribution >= 0.6 is 0 Å². The van der Waals surface area contributed by atoms with E-state index in [2.05, 4.69) is 24.5 Å². The first-order chi connectivity index (χ1) is 7.78. The average molecular weight is 228 g/mol. The zero-order valence-corrected chi connectivity index (χ0v) is 9.81. The summed E-state index contributed by atoms with van der Waals surface area (Å²) in [5.74, 6) is 0. The molecule has 2 N–H and O–H groups in total. The third-order valence-electron chi connectivity index (χ3n) is 3.38. The predicted octanol–water partition coefficient (Wildman–Crippen LogP) is -0.187. The molecule has 6 atom stereocenters. The zero-order chi connectivity index (χ0) is 11.1. The van der Waals surface area contributed by atoms with E-state index in [0.717, 1.165) is 19.6 Å². The van der Waals surface area contributed by atoms with Crippen LogP contribution in [0.25, 0.3) is 0 Å². The van der Waals surface area contributed by atoms with Crippen LogP contribution in [0.2, 0.25) is 0 Å². The van der Waals surface area contributed by atoms with Crippen LogP contribution < -0.4 is 10.6 Å². The standard InChI is InChI=1S/C11H20N2O3/c1-3-8-10(15-8)13-6(2)9-11(16-9)12-4-7-5-14-7/h6-13H,3-5H2,1-2H3. The summed E-state index contributed by atoms with van der Waals surface area (Å²) in [6.45, 7) is 6.09. The average Bonchev–Trinajstić information content (AvgIpc) is 3.08. The van der Waals surface area contributed by atoms with E-state index in [1.54, 1.807) is 0 Å². The largest absolute Gasteiger partial charge is 0.372 e. The van der Waals surface area contributed by atoms with Gasteiger partial charge in [-0.25, -0.2) is 0 Å². The molecule has 0 radical (unpaired) electrons. The van der Waals surface area contributed by atoms with Gasteiger partial charge in [0.2, 0.25) is 0 Å². The molecule has 3 aliphatic heterocycles. The van der Waals surface area contributed by atoms with Gasteiger partial charge in [-0.2, -0.15) is 0 Å². The molecule has 5 heteroatoms. The van der Waals surface area contributed by atoms with Crippen LogP contribution in [0.15, 0.2) is 0 Å². The van der Waals surface area contributed by atoms with Crippen LogP contribution in [0.1, 0.15) is 20.3 Å². The van der Waals surface area contributed by atoms with Crippen molar-refractivity contribution in [3.05, 3.63) is 0 Å². The highest BCUT2D eigenvalue weighted by atomic mass is 16.6. The van der Waals surface area contributed by atoms with Gasteiger partial charge in [-0.1, -0.05) is 6.92 Å². The Morgan fingerprint density at radius 2 is 2.12 bits per heavy atom. The molecular weight excluding hydrogens is 208 g/mol. The van der Waals surface area contributed by atoms with Crippen LogP contribution in [-0.4, -0.2) is 50.0 Å². The van der Waals surface area contributed by atoms with Crippen molar-refractivity contribution in [2.75, 3.05) is 13.2 Å². The molecule has 3 aliphatic rings. The summed E-state index contributed by atoms with van der Waals surface area (Å²) in [6, 6.07) is 0.346. The molecule has 0 amide bonds. The van der Waals surface area contributed by atoms with E-state index < -0.39 is 0 Å². The summed E-state index contributed by atoms with van der Waals surface area (Å²) >= 11 is 0. The maximum absolute atomic E-state index is 5.57. The van der Waals surface area contributed by atoms with Gasteiger partial charge in [-0.3, -0.25) is 10.6 Å². The van der Waals surface area contributed by atoms with Crippen molar-refractivity contribution < 1.29 is 14.2 Å². The minimum atomic E-state index is 0.200. The molecule has 3 saturated heterocycles. The molecule has 0 aliphatic carbocycles. The summed E-state index contributed by atoms with van der Waals surface area (Å²) in [5, 5.41) is 6.77. The Morgan fingerprint density at radius 3 is 2.75 bits per heavy atom. The molecule has 0 aromatic rings. The number of ether oxygens (including phenoxy) is 3. The molecular formula is C11H20N2O3. The van der Waals surface area contributed by atoms with Gasteiger partial charge >= 0.3 is 0 Å². The maximum Gasteiger partial charge on any atom is 0.136 e. The Hall–Kier alpha value is -0.200. The van der Waals surface area contributed by atoms with Gasteiger partial charge in [0, 0.05) is 12.6 Å². The van der Waals surface area contributed by atoms with E-state index in [4.69, 9.17) is 14.2 Å². The summed E-state index contributed by atoms with van der Waals surface area (Å²) < 4.78 is 16.2.